The van der Waals surface area contributed by atoms with Gasteiger partial charge < -0.3 is 15.0 Å². The molecule has 2 aliphatic rings. The average Bonchev–Trinajstić information content (AvgIpc) is 2.45. The first-order valence-electron chi connectivity index (χ1n) is 7.75. The van der Waals surface area contributed by atoms with Gasteiger partial charge in [-0.2, -0.15) is 0 Å². The molecule has 0 aliphatic carbocycles. The van der Waals surface area contributed by atoms with Crippen LogP contribution in [0.4, 0.5) is 0 Å². The molecule has 0 spiro atoms. The number of nitrogens with zero attached hydrogens (tertiary/aromatic N) is 1. The molecule has 2 saturated heterocycles. The van der Waals surface area contributed by atoms with Crippen molar-refractivity contribution in [3.05, 3.63) is 0 Å². The van der Waals surface area contributed by atoms with Gasteiger partial charge in [0.2, 0.25) is 5.91 Å². The zero-order valence-corrected chi connectivity index (χ0v) is 12.4. The van der Waals surface area contributed by atoms with E-state index in [1.54, 1.807) is 0 Å². The number of nitrogens with one attached hydrogen (secondary N) is 1. The number of carbonyl (C=O) groups is 1. The largest absolute Gasteiger partial charge is 0.381 e. The van der Waals surface area contributed by atoms with Crippen LogP contribution in [0, 0.1) is 11.8 Å². The van der Waals surface area contributed by atoms with Gasteiger partial charge in [-0.15, -0.1) is 0 Å². The van der Waals surface area contributed by atoms with Crippen molar-refractivity contribution in [2.75, 3.05) is 32.8 Å². The normalized spacial score (nSPS) is 27.3. The highest BCUT2D eigenvalue weighted by molar-refractivity contribution is 5.78. The van der Waals surface area contributed by atoms with E-state index in [1.165, 1.54) is 6.42 Å². The molecule has 0 bridgehead atoms. The number of hydrogen-bond acceptors (Lipinski definition) is 3. The van der Waals surface area contributed by atoms with E-state index in [-0.39, 0.29) is 5.91 Å². The Morgan fingerprint density at radius 2 is 2.11 bits per heavy atom. The maximum atomic E-state index is 12.2. The van der Waals surface area contributed by atoms with E-state index in [4.69, 9.17) is 4.74 Å². The first-order chi connectivity index (χ1) is 9.16. The molecule has 0 aromatic carbocycles. The van der Waals surface area contributed by atoms with Crippen LogP contribution in [0.5, 0.6) is 0 Å². The predicted octanol–water partition coefficient (Wildman–Crippen LogP) is 1.65. The van der Waals surface area contributed by atoms with Crippen molar-refractivity contribution in [3.8, 4) is 0 Å². The second-order valence-electron chi connectivity index (χ2n) is 6.21. The van der Waals surface area contributed by atoms with Crippen molar-refractivity contribution in [1.29, 1.82) is 0 Å². The van der Waals surface area contributed by atoms with Crippen LogP contribution in [0.15, 0.2) is 0 Å². The van der Waals surface area contributed by atoms with Gasteiger partial charge in [-0.05, 0) is 44.4 Å². The molecule has 0 saturated carbocycles. The topological polar surface area (TPSA) is 41.6 Å². The maximum absolute atomic E-state index is 12.2. The Balaban J connectivity index is 1.70. The molecule has 2 heterocycles. The number of rotatable bonds is 4. The maximum Gasteiger partial charge on any atom is 0.236 e. The predicted molar refractivity (Wildman–Crippen MR) is 76.0 cm³/mol. The van der Waals surface area contributed by atoms with E-state index >= 15 is 0 Å². The van der Waals surface area contributed by atoms with E-state index in [1.807, 2.05) is 4.90 Å². The van der Waals surface area contributed by atoms with Gasteiger partial charge in [0.15, 0.2) is 0 Å². The lowest BCUT2D eigenvalue weighted by Gasteiger charge is -2.32. The second kappa shape index (κ2) is 7.25. The summed E-state index contributed by atoms with van der Waals surface area (Å²) in [5, 5.41) is 3.42. The molecular weight excluding hydrogens is 240 g/mol. The second-order valence-corrected chi connectivity index (χ2v) is 6.21. The highest BCUT2D eigenvalue weighted by Gasteiger charge is 2.23. The number of amides is 1. The Hall–Kier alpha value is -0.610. The van der Waals surface area contributed by atoms with Gasteiger partial charge in [0.1, 0.15) is 0 Å². The number of piperidine rings is 1. The van der Waals surface area contributed by atoms with Gasteiger partial charge in [0.05, 0.1) is 6.54 Å². The van der Waals surface area contributed by atoms with Crippen LogP contribution in [0.3, 0.4) is 0 Å². The Labute approximate surface area is 116 Å². The zero-order chi connectivity index (χ0) is 13.7. The van der Waals surface area contributed by atoms with Crippen molar-refractivity contribution in [1.82, 2.24) is 10.2 Å². The van der Waals surface area contributed by atoms with Crippen molar-refractivity contribution in [3.63, 3.8) is 0 Å². The van der Waals surface area contributed by atoms with Crippen molar-refractivity contribution >= 4 is 5.91 Å². The Morgan fingerprint density at radius 3 is 2.79 bits per heavy atom. The van der Waals surface area contributed by atoms with Gasteiger partial charge in [-0.1, -0.05) is 6.92 Å². The lowest BCUT2D eigenvalue weighted by Crippen LogP contribution is -2.46. The first-order valence-corrected chi connectivity index (χ1v) is 7.75. The minimum absolute atomic E-state index is 0.269. The molecule has 2 rings (SSSR count). The summed E-state index contributed by atoms with van der Waals surface area (Å²) >= 11 is 0. The summed E-state index contributed by atoms with van der Waals surface area (Å²) in [5.74, 6) is 1.58. The van der Waals surface area contributed by atoms with Crippen molar-refractivity contribution < 1.29 is 9.53 Å². The fraction of sp³-hybridized carbons (Fsp3) is 0.933. The first kappa shape index (κ1) is 14.8. The molecule has 19 heavy (non-hydrogen) atoms. The molecule has 4 nitrogen and oxygen atoms in total. The monoisotopic (exact) mass is 268 g/mol. The third-order valence-electron chi connectivity index (χ3n) is 4.56. The molecule has 0 radical (unpaired) electrons. The summed E-state index contributed by atoms with van der Waals surface area (Å²) in [5.41, 5.74) is 0. The van der Waals surface area contributed by atoms with E-state index in [0.29, 0.717) is 24.4 Å². The van der Waals surface area contributed by atoms with Gasteiger partial charge >= 0.3 is 0 Å². The van der Waals surface area contributed by atoms with Crippen molar-refractivity contribution in [2.45, 2.75) is 45.6 Å². The summed E-state index contributed by atoms with van der Waals surface area (Å²) < 4.78 is 5.38. The molecule has 2 aliphatic heterocycles. The van der Waals surface area contributed by atoms with Crippen LogP contribution >= 0.6 is 0 Å². The third-order valence-corrected chi connectivity index (χ3v) is 4.56. The smallest absolute Gasteiger partial charge is 0.236 e. The number of carbonyl (C=O) groups excluding carboxylic acids is 1. The van der Waals surface area contributed by atoms with Crippen LogP contribution < -0.4 is 5.32 Å². The molecule has 2 atom stereocenters. The average molecular weight is 268 g/mol. The Bertz CT molecular complexity index is 290. The zero-order valence-electron chi connectivity index (χ0n) is 12.4. The Morgan fingerprint density at radius 1 is 1.37 bits per heavy atom. The SMILES string of the molecule is C[C@H]1CCCN(C(=O)CN[C@@H](C)C2CCOCC2)C1. The third kappa shape index (κ3) is 4.46. The standard InChI is InChI=1S/C15H28N2O2/c1-12-4-3-7-17(11-12)15(18)10-16-13(2)14-5-8-19-9-6-14/h12-14,16H,3-11H2,1-2H3/t12-,13-/m0/s1. The van der Waals surface area contributed by atoms with Crippen LogP contribution in [0.1, 0.15) is 39.5 Å². The van der Waals surface area contributed by atoms with Gasteiger partial charge in [0, 0.05) is 32.3 Å². The van der Waals surface area contributed by atoms with E-state index in [9.17, 15) is 4.79 Å². The molecular formula is C15H28N2O2. The van der Waals surface area contributed by atoms with Crippen LogP contribution in [0.2, 0.25) is 0 Å². The van der Waals surface area contributed by atoms with Crippen molar-refractivity contribution in [2.24, 2.45) is 11.8 Å². The number of ether oxygens (including phenoxy) is 1. The van der Waals surface area contributed by atoms with E-state index in [0.717, 1.165) is 45.6 Å². The number of hydrogen-bond donors (Lipinski definition) is 1. The van der Waals surface area contributed by atoms with E-state index < -0.39 is 0 Å². The highest BCUT2D eigenvalue weighted by Crippen LogP contribution is 2.19. The van der Waals surface area contributed by atoms with Crippen LogP contribution in [0.25, 0.3) is 0 Å². The molecule has 4 heteroatoms. The van der Waals surface area contributed by atoms with E-state index in [2.05, 4.69) is 19.2 Å². The lowest BCUT2D eigenvalue weighted by molar-refractivity contribution is -0.132. The molecule has 0 aromatic heterocycles. The molecule has 0 aromatic rings. The summed E-state index contributed by atoms with van der Waals surface area (Å²) in [6.07, 6.45) is 4.64. The fourth-order valence-electron chi connectivity index (χ4n) is 3.16. The molecule has 1 amide bonds. The minimum atomic E-state index is 0.269. The molecule has 0 unspecified atom stereocenters. The van der Waals surface area contributed by atoms with Gasteiger partial charge in [-0.3, -0.25) is 4.79 Å². The molecule has 110 valence electrons. The van der Waals surface area contributed by atoms with Gasteiger partial charge in [0.25, 0.3) is 0 Å². The minimum Gasteiger partial charge on any atom is -0.381 e. The summed E-state index contributed by atoms with van der Waals surface area (Å²) in [6, 6.07) is 0.412. The van der Waals surface area contributed by atoms with Crippen LogP contribution in [-0.2, 0) is 9.53 Å². The number of likely N-dealkylation sites (tertiary alicyclic amines) is 1. The fourth-order valence-corrected chi connectivity index (χ4v) is 3.16. The Kier molecular flexibility index (Phi) is 5.64. The molecule has 2 fully saturated rings. The lowest BCUT2D eigenvalue weighted by atomic mass is 9.93. The molecule has 1 N–H and O–H groups in total. The summed E-state index contributed by atoms with van der Waals surface area (Å²) in [6.45, 7) is 8.54. The quantitative estimate of drug-likeness (QED) is 0.843. The van der Waals surface area contributed by atoms with Gasteiger partial charge in [-0.25, -0.2) is 0 Å². The highest BCUT2D eigenvalue weighted by atomic mass is 16.5. The van der Waals surface area contributed by atoms with Crippen LogP contribution in [-0.4, -0.2) is 49.7 Å². The summed E-state index contributed by atoms with van der Waals surface area (Å²) in [4.78, 5) is 14.2. The summed E-state index contributed by atoms with van der Waals surface area (Å²) in [7, 11) is 0.